The maximum Gasteiger partial charge on any atom is 0.312 e. The van der Waals surface area contributed by atoms with Crippen LogP contribution in [0.15, 0.2) is 85.2 Å². The summed E-state index contributed by atoms with van der Waals surface area (Å²) in [6.07, 6.45) is 1.43. The molecule has 8 heteroatoms. The topological polar surface area (TPSA) is 99.4 Å². The fourth-order valence-electron chi connectivity index (χ4n) is 3.17. The van der Waals surface area contributed by atoms with Crippen molar-refractivity contribution >= 4 is 17.2 Å². The van der Waals surface area contributed by atoms with E-state index in [9.17, 15) is 10.1 Å². The fraction of sp³-hybridized carbons (Fsp3) is 0.0833. The van der Waals surface area contributed by atoms with E-state index in [0.29, 0.717) is 29.6 Å². The molecule has 0 aliphatic rings. The zero-order chi connectivity index (χ0) is 22.3. The van der Waals surface area contributed by atoms with E-state index in [1.165, 1.54) is 25.6 Å². The number of ether oxygens (including phenoxy) is 2. The van der Waals surface area contributed by atoms with Crippen LogP contribution in [-0.4, -0.2) is 22.0 Å². The van der Waals surface area contributed by atoms with Gasteiger partial charge >= 0.3 is 5.69 Å². The third kappa shape index (κ3) is 4.81. The van der Waals surface area contributed by atoms with Crippen LogP contribution in [0.2, 0.25) is 0 Å². The molecule has 160 valence electrons. The molecule has 0 radical (unpaired) electrons. The normalized spacial score (nSPS) is 10.4. The summed E-state index contributed by atoms with van der Waals surface area (Å²) in [5.41, 5.74) is 2.92. The van der Waals surface area contributed by atoms with E-state index in [-0.39, 0.29) is 11.4 Å². The van der Waals surface area contributed by atoms with Crippen LogP contribution in [0.25, 0.3) is 11.3 Å². The molecule has 0 aliphatic heterocycles. The third-order valence-electron chi connectivity index (χ3n) is 4.72. The first-order valence-corrected chi connectivity index (χ1v) is 9.81. The van der Waals surface area contributed by atoms with Crippen molar-refractivity contribution in [3.05, 3.63) is 101 Å². The van der Waals surface area contributed by atoms with Gasteiger partial charge in [0.1, 0.15) is 24.5 Å². The SMILES string of the molecule is COc1ccc(Nc2cc(-c3ccccc3OCc3ccccc3)ncn2)cc1[N+](=O)[O-]. The number of nitro groups is 1. The molecule has 0 amide bonds. The smallest absolute Gasteiger partial charge is 0.312 e. The number of benzene rings is 3. The molecule has 0 unspecified atom stereocenters. The van der Waals surface area contributed by atoms with Crippen LogP contribution in [0.5, 0.6) is 11.5 Å². The van der Waals surface area contributed by atoms with E-state index >= 15 is 0 Å². The zero-order valence-electron chi connectivity index (χ0n) is 17.3. The molecule has 0 bridgehead atoms. The molecule has 4 aromatic rings. The van der Waals surface area contributed by atoms with Crippen molar-refractivity contribution in [2.24, 2.45) is 0 Å². The Bertz CT molecular complexity index is 1230. The highest BCUT2D eigenvalue weighted by Crippen LogP contribution is 2.33. The second-order valence-corrected chi connectivity index (χ2v) is 6.83. The Balaban J connectivity index is 1.58. The molecular formula is C24H20N4O4. The fourth-order valence-corrected chi connectivity index (χ4v) is 3.17. The van der Waals surface area contributed by atoms with Gasteiger partial charge in [0.25, 0.3) is 0 Å². The average Bonchev–Trinajstić information content (AvgIpc) is 2.83. The van der Waals surface area contributed by atoms with Gasteiger partial charge in [0.05, 0.1) is 17.7 Å². The lowest BCUT2D eigenvalue weighted by Gasteiger charge is -2.12. The van der Waals surface area contributed by atoms with Crippen molar-refractivity contribution in [1.82, 2.24) is 9.97 Å². The number of rotatable bonds is 8. The molecule has 32 heavy (non-hydrogen) atoms. The summed E-state index contributed by atoms with van der Waals surface area (Å²) in [5, 5.41) is 14.4. The second kappa shape index (κ2) is 9.57. The highest BCUT2D eigenvalue weighted by molar-refractivity contribution is 5.71. The van der Waals surface area contributed by atoms with Crippen LogP contribution >= 0.6 is 0 Å². The molecule has 0 aliphatic carbocycles. The van der Waals surface area contributed by atoms with Gasteiger partial charge in [-0.25, -0.2) is 9.97 Å². The highest BCUT2D eigenvalue weighted by atomic mass is 16.6. The molecular weight excluding hydrogens is 408 g/mol. The standard InChI is InChI=1S/C24H20N4O4/c1-31-23-12-11-18(13-21(23)28(29)30)27-24-14-20(25-16-26-24)19-9-5-6-10-22(19)32-15-17-7-3-2-4-8-17/h2-14,16H,15H2,1H3,(H,25,26,27). The number of nitrogens with one attached hydrogen (secondary N) is 1. The van der Waals surface area contributed by atoms with Crippen molar-refractivity contribution in [3.8, 4) is 22.8 Å². The Labute approximate surface area is 184 Å². The molecule has 0 spiro atoms. The van der Waals surface area contributed by atoms with Crippen LogP contribution in [0.1, 0.15) is 5.56 Å². The van der Waals surface area contributed by atoms with Gasteiger partial charge in [-0.05, 0) is 29.8 Å². The lowest BCUT2D eigenvalue weighted by atomic mass is 10.1. The maximum absolute atomic E-state index is 11.3. The molecule has 8 nitrogen and oxygen atoms in total. The van der Waals surface area contributed by atoms with Crippen LogP contribution in [0.4, 0.5) is 17.2 Å². The summed E-state index contributed by atoms with van der Waals surface area (Å²) in [4.78, 5) is 19.4. The van der Waals surface area contributed by atoms with Gasteiger partial charge in [0.2, 0.25) is 0 Å². The lowest BCUT2D eigenvalue weighted by molar-refractivity contribution is -0.385. The van der Waals surface area contributed by atoms with E-state index in [2.05, 4.69) is 15.3 Å². The van der Waals surface area contributed by atoms with Gasteiger partial charge in [-0.2, -0.15) is 0 Å². The summed E-state index contributed by atoms with van der Waals surface area (Å²) < 4.78 is 11.1. The van der Waals surface area contributed by atoms with Crippen LogP contribution in [-0.2, 0) is 6.61 Å². The zero-order valence-corrected chi connectivity index (χ0v) is 17.3. The molecule has 3 aromatic carbocycles. The van der Waals surface area contributed by atoms with E-state index in [4.69, 9.17) is 9.47 Å². The first kappa shape index (κ1) is 20.8. The minimum atomic E-state index is -0.490. The second-order valence-electron chi connectivity index (χ2n) is 6.83. The lowest BCUT2D eigenvalue weighted by Crippen LogP contribution is -2.00. The van der Waals surface area contributed by atoms with Crippen molar-refractivity contribution in [2.75, 3.05) is 12.4 Å². The minimum Gasteiger partial charge on any atom is -0.490 e. The summed E-state index contributed by atoms with van der Waals surface area (Å²) in [6, 6.07) is 23.9. The summed E-state index contributed by atoms with van der Waals surface area (Å²) in [7, 11) is 1.39. The van der Waals surface area contributed by atoms with Crippen molar-refractivity contribution in [3.63, 3.8) is 0 Å². The molecule has 0 fully saturated rings. The van der Waals surface area contributed by atoms with Crippen LogP contribution in [0.3, 0.4) is 0 Å². The largest absolute Gasteiger partial charge is 0.490 e. The van der Waals surface area contributed by atoms with Gasteiger partial charge in [-0.1, -0.05) is 42.5 Å². The third-order valence-corrected chi connectivity index (χ3v) is 4.72. The monoisotopic (exact) mass is 428 g/mol. The van der Waals surface area contributed by atoms with Crippen LogP contribution < -0.4 is 14.8 Å². The minimum absolute atomic E-state index is 0.133. The number of methoxy groups -OCH3 is 1. The number of hydrogen-bond donors (Lipinski definition) is 1. The van der Waals surface area contributed by atoms with Crippen molar-refractivity contribution in [1.29, 1.82) is 0 Å². The Hall–Kier alpha value is -4.46. The predicted octanol–water partition coefficient (Wildman–Crippen LogP) is 5.38. The number of para-hydroxylation sites is 1. The van der Waals surface area contributed by atoms with Gasteiger partial charge < -0.3 is 14.8 Å². The molecule has 1 aromatic heterocycles. The van der Waals surface area contributed by atoms with Gasteiger partial charge in [0.15, 0.2) is 5.75 Å². The van der Waals surface area contributed by atoms with E-state index in [1.807, 2.05) is 54.6 Å². The quantitative estimate of drug-likeness (QED) is 0.297. The first-order chi connectivity index (χ1) is 15.6. The van der Waals surface area contributed by atoms with E-state index in [1.54, 1.807) is 12.1 Å². The number of aromatic nitrogens is 2. The Morgan fingerprint density at radius 2 is 1.72 bits per heavy atom. The van der Waals surface area contributed by atoms with Gasteiger partial charge in [-0.15, -0.1) is 0 Å². The number of anilines is 2. The van der Waals surface area contributed by atoms with Crippen molar-refractivity contribution < 1.29 is 14.4 Å². The summed E-state index contributed by atoms with van der Waals surface area (Å²) in [6.45, 7) is 0.434. The molecule has 0 saturated carbocycles. The van der Waals surface area contributed by atoms with E-state index < -0.39 is 4.92 Å². The average molecular weight is 428 g/mol. The molecule has 0 atom stereocenters. The van der Waals surface area contributed by atoms with E-state index in [0.717, 1.165) is 11.1 Å². The summed E-state index contributed by atoms with van der Waals surface area (Å²) >= 11 is 0. The molecule has 4 rings (SSSR count). The number of nitro benzene ring substituents is 1. The first-order valence-electron chi connectivity index (χ1n) is 9.81. The Kier molecular flexibility index (Phi) is 6.22. The van der Waals surface area contributed by atoms with Crippen molar-refractivity contribution in [2.45, 2.75) is 6.61 Å². The predicted molar refractivity (Wildman–Crippen MR) is 121 cm³/mol. The number of hydrogen-bond acceptors (Lipinski definition) is 7. The Morgan fingerprint density at radius 3 is 2.50 bits per heavy atom. The van der Waals surface area contributed by atoms with Crippen LogP contribution in [0, 0.1) is 10.1 Å². The number of nitrogens with zero attached hydrogens (tertiary/aromatic N) is 3. The Morgan fingerprint density at radius 1 is 0.938 bits per heavy atom. The van der Waals surface area contributed by atoms with Gasteiger partial charge in [-0.3, -0.25) is 10.1 Å². The maximum atomic E-state index is 11.3. The molecule has 0 saturated heterocycles. The molecule has 1 heterocycles. The highest BCUT2D eigenvalue weighted by Gasteiger charge is 2.16. The summed E-state index contributed by atoms with van der Waals surface area (Å²) in [5.74, 6) is 1.38. The van der Waals surface area contributed by atoms with Gasteiger partial charge in [0, 0.05) is 23.4 Å². The molecule has 1 N–H and O–H groups in total.